The van der Waals surface area contributed by atoms with E-state index in [0.717, 1.165) is 17.7 Å². The first-order valence-corrected chi connectivity index (χ1v) is 21.0. The van der Waals surface area contributed by atoms with Crippen molar-refractivity contribution in [3.05, 3.63) is 42.5 Å². The molecule has 4 atom stereocenters. The van der Waals surface area contributed by atoms with Crippen LogP contribution in [0.4, 0.5) is 0 Å². The number of thioether (sulfide) groups is 1. The fourth-order valence-corrected chi connectivity index (χ4v) is 11.2. The summed E-state index contributed by atoms with van der Waals surface area (Å²) in [5, 5.41) is 0.0414. The average Bonchev–Trinajstić information content (AvgIpc) is 3.12. The van der Waals surface area contributed by atoms with Gasteiger partial charge in [-0.05, 0) is 49.5 Å². The zero-order valence-electron chi connectivity index (χ0n) is 25.3. The molecule has 0 aromatic heterocycles. The van der Waals surface area contributed by atoms with Gasteiger partial charge in [-0.1, -0.05) is 82.5 Å². The molecule has 0 bridgehead atoms. The zero-order valence-corrected chi connectivity index (χ0v) is 28.1. The van der Waals surface area contributed by atoms with Gasteiger partial charge in [-0.2, -0.15) is 0 Å². The van der Waals surface area contributed by atoms with E-state index in [0.29, 0.717) is 19.3 Å². The quantitative estimate of drug-likeness (QED) is 0.0592. The van der Waals surface area contributed by atoms with Crippen LogP contribution in [0.3, 0.4) is 0 Å². The number of hydrogen-bond donors (Lipinski definition) is 0. The van der Waals surface area contributed by atoms with E-state index in [1.807, 2.05) is 13.2 Å². The molecule has 0 amide bonds. The number of methoxy groups -OCH3 is 2. The van der Waals surface area contributed by atoms with Crippen LogP contribution in [0.25, 0.3) is 0 Å². The summed E-state index contributed by atoms with van der Waals surface area (Å²) in [6.07, 6.45) is 7.07. The largest absolute Gasteiger partial charge is 0.469 e. The Morgan fingerprint density at radius 1 is 1.05 bits per heavy atom. The van der Waals surface area contributed by atoms with Crippen molar-refractivity contribution in [2.45, 2.75) is 106 Å². The number of unbranched alkanes of at least 4 members (excludes halogenated alkanes) is 1. The van der Waals surface area contributed by atoms with E-state index in [9.17, 15) is 9.59 Å². The third kappa shape index (κ3) is 7.93. The van der Waals surface area contributed by atoms with Crippen molar-refractivity contribution in [2.75, 3.05) is 14.2 Å². The van der Waals surface area contributed by atoms with Crippen LogP contribution in [0.1, 0.15) is 52.9 Å². The van der Waals surface area contributed by atoms with E-state index in [-0.39, 0.29) is 34.7 Å². The highest BCUT2D eigenvalue weighted by Crippen LogP contribution is 2.55. The molecule has 1 aromatic carbocycles. The van der Waals surface area contributed by atoms with Gasteiger partial charge < -0.3 is 13.9 Å². The smallest absolute Gasteiger partial charge is 0.305 e. The molecule has 0 aliphatic heterocycles. The normalized spacial score (nSPS) is 22.6. The Kier molecular flexibility index (Phi) is 11.7. The Labute approximate surface area is 237 Å². The number of Topliss-reactive ketones (excluding diaryl/α,β-unsaturated/α-hetero) is 1. The minimum Gasteiger partial charge on any atom is -0.469 e. The summed E-state index contributed by atoms with van der Waals surface area (Å²) in [4.78, 5) is 26.3. The molecule has 0 N–H and O–H groups in total. The molecule has 0 spiro atoms. The molecule has 0 radical (unpaired) electrons. The van der Waals surface area contributed by atoms with Crippen LogP contribution in [0.2, 0.25) is 37.8 Å². The number of rotatable bonds is 13. The van der Waals surface area contributed by atoms with Crippen molar-refractivity contribution in [3.8, 4) is 0 Å². The molecule has 8 heteroatoms. The van der Waals surface area contributed by atoms with Crippen LogP contribution in [-0.4, -0.2) is 53.0 Å². The van der Waals surface area contributed by atoms with E-state index in [4.69, 9.17) is 13.9 Å². The number of ether oxygens (including phenoxy) is 2. The van der Waals surface area contributed by atoms with Crippen LogP contribution in [0, 0.1) is 11.8 Å². The van der Waals surface area contributed by atoms with Gasteiger partial charge in [-0.25, -0.2) is 0 Å². The van der Waals surface area contributed by atoms with E-state index >= 15 is 0 Å². The third-order valence-electron chi connectivity index (χ3n) is 8.24. The monoisotopic (exact) mass is 578 g/mol. The topological polar surface area (TPSA) is 61.8 Å². The molecular formula is C30H50O5SSi2. The highest BCUT2D eigenvalue weighted by Gasteiger charge is 2.61. The van der Waals surface area contributed by atoms with Gasteiger partial charge >= 0.3 is 5.97 Å². The van der Waals surface area contributed by atoms with Gasteiger partial charge in [0.25, 0.3) is 0 Å². The molecule has 1 aliphatic rings. The third-order valence-corrected chi connectivity index (χ3v) is 18.8. The van der Waals surface area contributed by atoms with Crippen molar-refractivity contribution in [1.82, 2.24) is 0 Å². The van der Waals surface area contributed by atoms with Crippen molar-refractivity contribution < 1.29 is 23.5 Å². The minimum atomic E-state index is -2.14. The molecule has 214 valence electrons. The van der Waals surface area contributed by atoms with Crippen LogP contribution in [0.15, 0.2) is 47.4 Å². The lowest BCUT2D eigenvalue weighted by Gasteiger charge is -2.51. The van der Waals surface area contributed by atoms with Crippen LogP contribution < -0.4 is 0 Å². The number of esters is 1. The van der Waals surface area contributed by atoms with Gasteiger partial charge in [-0.15, -0.1) is 0 Å². The van der Waals surface area contributed by atoms with Crippen LogP contribution in [0.5, 0.6) is 0 Å². The Balaban J connectivity index is 2.48. The predicted molar refractivity (Wildman–Crippen MR) is 164 cm³/mol. The van der Waals surface area contributed by atoms with Crippen molar-refractivity contribution in [3.63, 3.8) is 0 Å². The molecule has 2 unspecified atom stereocenters. The van der Waals surface area contributed by atoms with E-state index in [1.165, 1.54) is 7.11 Å². The number of allylic oxidation sites excluding steroid dienone is 2. The van der Waals surface area contributed by atoms with Gasteiger partial charge in [0, 0.05) is 36.7 Å². The second-order valence-corrected chi connectivity index (χ2v) is 24.6. The highest BCUT2D eigenvalue weighted by atomic mass is 32.2. The highest BCUT2D eigenvalue weighted by molar-refractivity contribution is 8.02. The maximum Gasteiger partial charge on any atom is 0.305 e. The average molecular weight is 579 g/mol. The Hall–Kier alpha value is -1.20. The summed E-state index contributed by atoms with van der Waals surface area (Å²) >= 11 is 1.78. The number of benzene rings is 1. The summed E-state index contributed by atoms with van der Waals surface area (Å²) in [7, 11) is -0.952. The summed E-state index contributed by atoms with van der Waals surface area (Å²) < 4.78 is 17.9. The fraction of sp³-hybridized carbons (Fsp3) is 0.667. The molecule has 2 rings (SSSR count). The molecule has 1 aromatic rings. The maximum absolute atomic E-state index is 13.7. The summed E-state index contributed by atoms with van der Waals surface area (Å²) in [6.45, 7) is 18.3. The van der Waals surface area contributed by atoms with Gasteiger partial charge in [0.2, 0.25) is 0 Å². The molecule has 38 heavy (non-hydrogen) atoms. The zero-order chi connectivity index (χ0) is 28.8. The molecule has 0 heterocycles. The predicted octanol–water partition coefficient (Wildman–Crippen LogP) is 7.88. The van der Waals surface area contributed by atoms with E-state index in [1.54, 1.807) is 11.8 Å². The Bertz CT molecular complexity index is 952. The Morgan fingerprint density at radius 3 is 2.21 bits per heavy atom. The second-order valence-electron chi connectivity index (χ2n) is 12.9. The molecule has 1 fully saturated rings. The van der Waals surface area contributed by atoms with Gasteiger partial charge in [0.1, 0.15) is 10.3 Å². The molecule has 1 saturated carbocycles. The summed E-state index contributed by atoms with van der Waals surface area (Å²) in [5.74, 6) is -0.158. The number of carbonyl (C=O) groups is 2. The molecular weight excluding hydrogens is 529 g/mol. The first-order valence-electron chi connectivity index (χ1n) is 13.8. The van der Waals surface area contributed by atoms with Gasteiger partial charge in [0.05, 0.1) is 21.3 Å². The van der Waals surface area contributed by atoms with E-state index in [2.05, 4.69) is 89.9 Å². The molecule has 1 aliphatic carbocycles. The van der Waals surface area contributed by atoms with E-state index < -0.39 is 20.9 Å². The number of carbonyl (C=O) groups excluding carboxylic acids is 2. The maximum atomic E-state index is 13.7. The first-order chi connectivity index (χ1) is 17.6. The van der Waals surface area contributed by atoms with Crippen molar-refractivity contribution in [1.29, 1.82) is 0 Å². The lowest BCUT2D eigenvalue weighted by atomic mass is 9.91. The molecule has 5 nitrogen and oxygen atoms in total. The Morgan fingerprint density at radius 2 is 1.68 bits per heavy atom. The van der Waals surface area contributed by atoms with Crippen LogP contribution in [-0.2, 0) is 23.5 Å². The number of hydrogen-bond acceptors (Lipinski definition) is 6. The van der Waals surface area contributed by atoms with Crippen molar-refractivity contribution >= 4 is 39.9 Å². The van der Waals surface area contributed by atoms with Crippen molar-refractivity contribution in [2.24, 2.45) is 11.8 Å². The first kappa shape index (κ1) is 33.0. The molecule has 0 saturated heterocycles. The van der Waals surface area contributed by atoms with Gasteiger partial charge in [0.15, 0.2) is 8.32 Å². The standard InChI is InChI=1S/C30H50O5SSi2/c1-29(2,3)38(9,10)35-26-22-25(31)24(20-16-11-12-17-21-27(32)33-4)28(26)30(34-5,37(6,7)8)36-23-18-14-13-15-19-23/h11,13-16,18-19,24,26,28H,12,17,20-22H2,1-10H3/b16-11-/t24-,26+,28?,30?/m0/s1. The minimum absolute atomic E-state index is 0.0414. The second kappa shape index (κ2) is 13.4. The lowest BCUT2D eigenvalue weighted by molar-refractivity contribution is -0.140. The summed E-state index contributed by atoms with van der Waals surface area (Å²) in [6, 6.07) is 10.4. The fourth-order valence-electron chi connectivity index (χ4n) is 5.09. The SMILES string of the molecule is COC(=O)CCC/C=C\C[C@H]1C(=O)C[C@@H](O[Si](C)(C)C(C)(C)C)C1C(OC)(Sc1ccccc1)[Si](C)(C)C. The van der Waals surface area contributed by atoms with Gasteiger partial charge in [-0.3, -0.25) is 9.59 Å². The lowest BCUT2D eigenvalue weighted by Crippen LogP contribution is -2.61. The van der Waals surface area contributed by atoms with Crippen LogP contribution >= 0.6 is 11.8 Å². The number of ketones is 1. The summed E-state index contributed by atoms with van der Waals surface area (Å²) in [5.41, 5.74) is 0.